The number of hydrogen-bond acceptors (Lipinski definition) is 3. The second-order valence-corrected chi connectivity index (χ2v) is 4.51. The second-order valence-electron chi connectivity index (χ2n) is 4.51. The number of methoxy groups -OCH3 is 1. The summed E-state index contributed by atoms with van der Waals surface area (Å²) in [5.41, 5.74) is 9.60. The van der Waals surface area contributed by atoms with Gasteiger partial charge in [-0.1, -0.05) is 17.7 Å². The third-order valence-corrected chi connectivity index (χ3v) is 3.11. The van der Waals surface area contributed by atoms with E-state index in [0.29, 0.717) is 0 Å². The van der Waals surface area contributed by atoms with Crippen LogP contribution in [0.1, 0.15) is 22.9 Å². The summed E-state index contributed by atoms with van der Waals surface area (Å²) in [5.74, 6) is 0.887. The first-order valence-electron chi connectivity index (χ1n) is 5.99. The van der Waals surface area contributed by atoms with E-state index in [-0.39, 0.29) is 6.04 Å². The van der Waals surface area contributed by atoms with Crippen LogP contribution in [-0.2, 0) is 13.5 Å². The zero-order chi connectivity index (χ0) is 13.1. The first-order valence-corrected chi connectivity index (χ1v) is 5.99. The Hall–Kier alpha value is -1.81. The molecule has 1 aromatic carbocycles. The Labute approximate surface area is 107 Å². The highest BCUT2D eigenvalue weighted by Gasteiger charge is 2.13. The fraction of sp³-hybridized carbons (Fsp3) is 0.357. The maximum atomic E-state index is 6.23. The standard InChI is InChI=1S/C14H19N3O/c1-10-4-5-14(18-3)11(8-10)9-12(15)13-6-7-16-17(13)2/h4-8,12H,9,15H2,1-3H3. The highest BCUT2D eigenvalue weighted by molar-refractivity contribution is 5.37. The average molecular weight is 245 g/mol. The Kier molecular flexibility index (Phi) is 3.67. The molecule has 96 valence electrons. The van der Waals surface area contributed by atoms with Gasteiger partial charge >= 0.3 is 0 Å². The Balaban J connectivity index is 2.23. The largest absolute Gasteiger partial charge is 0.496 e. The van der Waals surface area contributed by atoms with Crippen LogP contribution >= 0.6 is 0 Å². The van der Waals surface area contributed by atoms with Gasteiger partial charge < -0.3 is 10.5 Å². The van der Waals surface area contributed by atoms with Crippen molar-refractivity contribution in [2.75, 3.05) is 7.11 Å². The summed E-state index contributed by atoms with van der Waals surface area (Å²) in [6, 6.07) is 8.02. The Morgan fingerprint density at radius 2 is 2.17 bits per heavy atom. The maximum absolute atomic E-state index is 6.23. The van der Waals surface area contributed by atoms with Crippen LogP contribution in [0, 0.1) is 6.92 Å². The monoisotopic (exact) mass is 245 g/mol. The molecule has 0 fully saturated rings. The van der Waals surface area contributed by atoms with Crippen LogP contribution in [0.15, 0.2) is 30.5 Å². The van der Waals surface area contributed by atoms with Crippen LogP contribution in [-0.4, -0.2) is 16.9 Å². The fourth-order valence-electron chi connectivity index (χ4n) is 2.16. The van der Waals surface area contributed by atoms with Crippen molar-refractivity contribution in [1.29, 1.82) is 0 Å². The first kappa shape index (κ1) is 12.6. The summed E-state index contributed by atoms with van der Waals surface area (Å²) in [4.78, 5) is 0. The molecule has 2 rings (SSSR count). The lowest BCUT2D eigenvalue weighted by Gasteiger charge is -2.15. The second kappa shape index (κ2) is 5.23. The average Bonchev–Trinajstić information content (AvgIpc) is 2.76. The molecule has 0 aliphatic heterocycles. The van der Waals surface area contributed by atoms with Crippen molar-refractivity contribution in [1.82, 2.24) is 9.78 Å². The van der Waals surface area contributed by atoms with Crippen molar-refractivity contribution in [2.45, 2.75) is 19.4 Å². The zero-order valence-corrected chi connectivity index (χ0v) is 11.1. The van der Waals surface area contributed by atoms with Crippen LogP contribution in [0.3, 0.4) is 0 Å². The van der Waals surface area contributed by atoms with E-state index < -0.39 is 0 Å². The van der Waals surface area contributed by atoms with Gasteiger partial charge in [-0.2, -0.15) is 5.10 Å². The van der Waals surface area contributed by atoms with Crippen LogP contribution in [0.25, 0.3) is 0 Å². The van der Waals surface area contributed by atoms with Crippen molar-refractivity contribution in [3.8, 4) is 5.75 Å². The minimum atomic E-state index is -0.0757. The summed E-state index contributed by atoms with van der Waals surface area (Å²) in [7, 11) is 3.59. The Bertz CT molecular complexity index is 534. The van der Waals surface area contributed by atoms with Gasteiger partial charge in [-0.05, 0) is 31.0 Å². The quantitative estimate of drug-likeness (QED) is 0.896. The molecule has 0 bridgehead atoms. The zero-order valence-electron chi connectivity index (χ0n) is 11.1. The summed E-state index contributed by atoms with van der Waals surface area (Å²) in [6.07, 6.45) is 2.51. The number of rotatable bonds is 4. The molecule has 2 aromatic rings. The van der Waals surface area contributed by atoms with Crippen molar-refractivity contribution in [3.05, 3.63) is 47.3 Å². The number of ether oxygens (including phenoxy) is 1. The summed E-state index contributed by atoms with van der Waals surface area (Å²) < 4.78 is 7.18. The normalized spacial score (nSPS) is 12.4. The van der Waals surface area contributed by atoms with E-state index in [4.69, 9.17) is 10.5 Å². The van der Waals surface area contributed by atoms with Crippen LogP contribution in [0.2, 0.25) is 0 Å². The molecule has 4 nitrogen and oxygen atoms in total. The van der Waals surface area contributed by atoms with Gasteiger partial charge in [0.2, 0.25) is 0 Å². The lowest BCUT2D eigenvalue weighted by atomic mass is 10.0. The number of aromatic nitrogens is 2. The van der Waals surface area contributed by atoms with Gasteiger partial charge in [-0.15, -0.1) is 0 Å². The first-order chi connectivity index (χ1) is 8.61. The van der Waals surface area contributed by atoms with Gasteiger partial charge in [-0.3, -0.25) is 4.68 Å². The number of benzene rings is 1. The molecule has 1 aromatic heterocycles. The third kappa shape index (κ3) is 2.54. The molecule has 2 N–H and O–H groups in total. The van der Waals surface area contributed by atoms with Gasteiger partial charge in [-0.25, -0.2) is 0 Å². The number of aryl methyl sites for hydroxylation is 2. The van der Waals surface area contributed by atoms with Crippen molar-refractivity contribution < 1.29 is 4.74 Å². The Morgan fingerprint density at radius 1 is 1.39 bits per heavy atom. The topological polar surface area (TPSA) is 53.1 Å². The van der Waals surface area contributed by atoms with Crippen molar-refractivity contribution in [3.63, 3.8) is 0 Å². The number of nitrogens with two attached hydrogens (primary N) is 1. The van der Waals surface area contributed by atoms with E-state index in [9.17, 15) is 0 Å². The van der Waals surface area contributed by atoms with Crippen LogP contribution in [0.5, 0.6) is 5.75 Å². The molecular formula is C14H19N3O. The van der Waals surface area contributed by atoms with E-state index in [0.717, 1.165) is 23.4 Å². The van der Waals surface area contributed by atoms with E-state index in [2.05, 4.69) is 18.1 Å². The molecule has 0 aliphatic rings. The van der Waals surface area contributed by atoms with Gasteiger partial charge in [0.1, 0.15) is 5.75 Å². The van der Waals surface area contributed by atoms with E-state index >= 15 is 0 Å². The molecule has 0 radical (unpaired) electrons. The molecule has 0 amide bonds. The lowest BCUT2D eigenvalue weighted by Crippen LogP contribution is -2.17. The smallest absolute Gasteiger partial charge is 0.122 e. The number of nitrogens with zero attached hydrogens (tertiary/aromatic N) is 2. The summed E-state index contributed by atoms with van der Waals surface area (Å²) in [6.45, 7) is 2.07. The molecule has 18 heavy (non-hydrogen) atoms. The molecule has 1 atom stereocenters. The highest BCUT2D eigenvalue weighted by Crippen LogP contribution is 2.24. The SMILES string of the molecule is COc1ccc(C)cc1CC(N)c1ccnn1C. The molecule has 0 saturated heterocycles. The molecular weight excluding hydrogens is 226 g/mol. The van der Waals surface area contributed by atoms with E-state index in [1.54, 1.807) is 13.3 Å². The summed E-state index contributed by atoms with van der Waals surface area (Å²) in [5, 5.41) is 4.14. The molecule has 1 heterocycles. The predicted molar refractivity (Wildman–Crippen MR) is 71.6 cm³/mol. The minimum Gasteiger partial charge on any atom is -0.496 e. The van der Waals surface area contributed by atoms with Gasteiger partial charge in [0.15, 0.2) is 0 Å². The van der Waals surface area contributed by atoms with Crippen LogP contribution in [0.4, 0.5) is 0 Å². The molecule has 0 saturated carbocycles. The van der Waals surface area contributed by atoms with Crippen LogP contribution < -0.4 is 10.5 Å². The van der Waals surface area contributed by atoms with Crippen molar-refractivity contribution in [2.24, 2.45) is 12.8 Å². The minimum absolute atomic E-state index is 0.0757. The fourth-order valence-corrected chi connectivity index (χ4v) is 2.16. The summed E-state index contributed by atoms with van der Waals surface area (Å²) >= 11 is 0. The van der Waals surface area contributed by atoms with Gasteiger partial charge in [0.25, 0.3) is 0 Å². The van der Waals surface area contributed by atoms with Gasteiger partial charge in [0, 0.05) is 13.2 Å². The third-order valence-electron chi connectivity index (χ3n) is 3.11. The predicted octanol–water partition coefficient (Wildman–Crippen LogP) is 1.98. The Morgan fingerprint density at radius 3 is 2.78 bits per heavy atom. The maximum Gasteiger partial charge on any atom is 0.122 e. The van der Waals surface area contributed by atoms with E-state index in [1.807, 2.05) is 29.9 Å². The van der Waals surface area contributed by atoms with E-state index in [1.165, 1.54) is 5.56 Å². The van der Waals surface area contributed by atoms with Crippen molar-refractivity contribution >= 4 is 0 Å². The highest BCUT2D eigenvalue weighted by atomic mass is 16.5. The molecule has 4 heteroatoms. The molecule has 0 aliphatic carbocycles. The molecule has 1 unspecified atom stereocenters. The lowest BCUT2D eigenvalue weighted by molar-refractivity contribution is 0.407. The number of hydrogen-bond donors (Lipinski definition) is 1. The molecule has 0 spiro atoms. The van der Waals surface area contributed by atoms with Gasteiger partial charge in [0.05, 0.1) is 18.8 Å².